The molecule has 51 heavy (non-hydrogen) atoms. The van der Waals surface area contributed by atoms with Crippen LogP contribution in [0.15, 0.2) is 18.2 Å². The van der Waals surface area contributed by atoms with Crippen molar-refractivity contribution in [3.05, 3.63) is 38.8 Å². The van der Waals surface area contributed by atoms with Gasteiger partial charge in [0.05, 0.1) is 0 Å². The molecule has 0 aliphatic carbocycles. The Morgan fingerprint density at radius 2 is 1.41 bits per heavy atom. The van der Waals surface area contributed by atoms with Crippen LogP contribution in [-0.2, 0) is 17.4 Å². The molecule has 6 nitrogen and oxygen atoms in total. The molecule has 2 unspecified atom stereocenters. The van der Waals surface area contributed by atoms with E-state index in [2.05, 4.69) is 79.0 Å². The predicted octanol–water partition coefficient (Wildman–Crippen LogP) is 14.2. The fourth-order valence-electron chi connectivity index (χ4n) is 6.49. The summed E-state index contributed by atoms with van der Waals surface area (Å²) in [6.45, 7) is 31.7. The molecule has 0 radical (unpaired) electrons. The van der Waals surface area contributed by atoms with Gasteiger partial charge in [0.25, 0.3) is 0 Å². The number of fused-ring (bicyclic) bond motifs is 4. The topological polar surface area (TPSA) is 73.8 Å². The summed E-state index contributed by atoms with van der Waals surface area (Å²) in [6.07, 6.45) is 10.5. The van der Waals surface area contributed by atoms with Crippen molar-refractivity contribution in [3.63, 3.8) is 0 Å². The van der Waals surface area contributed by atoms with Crippen molar-refractivity contribution in [2.75, 3.05) is 0 Å². The van der Waals surface area contributed by atoms with Crippen LogP contribution in [-0.4, -0.2) is 32.4 Å². The minimum Gasteiger partial charge on any atom is -0.0654 e. The maximum atomic E-state index is 12.3. The summed E-state index contributed by atoms with van der Waals surface area (Å²) in [6, 6.07) is 6.41. The normalized spacial score (nSPS) is 13.4. The number of hydrogen-bond donors (Lipinski definition) is 0. The molecule has 0 saturated carbocycles. The van der Waals surface area contributed by atoms with E-state index < -0.39 is 5.41 Å². The van der Waals surface area contributed by atoms with Crippen LogP contribution in [0.5, 0.6) is 0 Å². The number of benzene rings is 1. The average Bonchev–Trinajstić information content (AvgIpc) is 3.85. The SMILES string of the molecule is CC.CC(C)CCCC(C)CCn1c2cc(-c3cc([N+](=O)[O-])c(C(C)(C)C)c4n[se]nc34)sc2c2sc(C(C)(C)C)cc21.CCCCC(C)CC. The zero-order valence-corrected chi connectivity index (χ0v) is 37.5. The summed E-state index contributed by atoms with van der Waals surface area (Å²) >= 11 is 3.36. The van der Waals surface area contributed by atoms with Crippen molar-refractivity contribution in [2.24, 2.45) is 17.8 Å². The zero-order chi connectivity index (χ0) is 38.3. The van der Waals surface area contributed by atoms with E-state index in [4.69, 9.17) is 7.96 Å². The van der Waals surface area contributed by atoms with Crippen LogP contribution < -0.4 is 0 Å². The smallest absolute Gasteiger partial charge is 0.0445 e. The first-order valence-electron chi connectivity index (χ1n) is 19.5. The number of thiophene rings is 2. The zero-order valence-electron chi connectivity index (χ0n) is 34.2. The van der Waals surface area contributed by atoms with Crippen molar-refractivity contribution < 1.29 is 4.92 Å². The summed E-state index contributed by atoms with van der Waals surface area (Å²) in [5.41, 5.74) is 5.46. The van der Waals surface area contributed by atoms with Gasteiger partial charge in [-0.2, -0.15) is 0 Å². The van der Waals surface area contributed by atoms with Gasteiger partial charge in [-0.1, -0.05) is 80.6 Å². The third-order valence-electron chi connectivity index (χ3n) is 9.75. The largest absolute Gasteiger partial charge is 0.0654 e. The summed E-state index contributed by atoms with van der Waals surface area (Å²) in [5, 5.41) is 12.3. The van der Waals surface area contributed by atoms with E-state index in [1.165, 1.54) is 70.3 Å². The molecule has 0 spiro atoms. The molecule has 5 aromatic rings. The van der Waals surface area contributed by atoms with Crippen LogP contribution in [0.1, 0.15) is 159 Å². The van der Waals surface area contributed by atoms with Crippen LogP contribution in [0.25, 0.3) is 41.9 Å². The van der Waals surface area contributed by atoms with E-state index in [0.717, 1.165) is 40.8 Å². The number of nitrogens with zero attached hydrogens (tertiary/aromatic N) is 4. The molecule has 1 aromatic carbocycles. The first-order chi connectivity index (χ1) is 24.0. The van der Waals surface area contributed by atoms with Crippen molar-refractivity contribution in [1.82, 2.24) is 12.5 Å². The van der Waals surface area contributed by atoms with Gasteiger partial charge in [0.1, 0.15) is 0 Å². The second-order valence-electron chi connectivity index (χ2n) is 16.7. The van der Waals surface area contributed by atoms with E-state index in [1.54, 1.807) is 17.4 Å². The van der Waals surface area contributed by atoms with Gasteiger partial charge in [-0.25, -0.2) is 0 Å². The Balaban J connectivity index is 0.000000621. The van der Waals surface area contributed by atoms with Gasteiger partial charge in [-0.3, -0.25) is 0 Å². The molecule has 0 fully saturated rings. The van der Waals surface area contributed by atoms with Crippen molar-refractivity contribution in [2.45, 2.75) is 166 Å². The van der Waals surface area contributed by atoms with Crippen LogP contribution in [0.2, 0.25) is 0 Å². The monoisotopic (exact) mass is 802 g/mol. The van der Waals surface area contributed by atoms with E-state index in [0.29, 0.717) is 17.0 Å². The third-order valence-corrected chi connectivity index (χ3v) is 13.7. The maximum absolute atomic E-state index is 12.3. The molecule has 9 heteroatoms. The second-order valence-corrected chi connectivity index (χ2v) is 19.9. The molecular formula is C42H66N4O2S2Se. The Bertz CT molecular complexity index is 1850. The molecule has 5 rings (SSSR count). The quantitative estimate of drug-likeness (QED) is 0.0675. The molecule has 4 aromatic heterocycles. The van der Waals surface area contributed by atoms with Gasteiger partial charge >= 0.3 is 232 Å². The van der Waals surface area contributed by atoms with Gasteiger partial charge < -0.3 is 0 Å². The average molecular weight is 802 g/mol. The van der Waals surface area contributed by atoms with Crippen LogP contribution >= 0.6 is 22.7 Å². The molecule has 0 aliphatic heterocycles. The van der Waals surface area contributed by atoms with Gasteiger partial charge in [-0.15, -0.1) is 0 Å². The van der Waals surface area contributed by atoms with Crippen LogP contribution in [0, 0.1) is 27.9 Å². The van der Waals surface area contributed by atoms with Crippen molar-refractivity contribution in [1.29, 1.82) is 0 Å². The molecule has 0 amide bonds. The summed E-state index contributed by atoms with van der Waals surface area (Å²) in [4.78, 5) is 14.5. The Kier molecular flexibility index (Phi) is 16.0. The first kappa shape index (κ1) is 43.3. The third kappa shape index (κ3) is 10.8. The number of aryl methyl sites for hydroxylation is 1. The number of nitro benzene ring substituents is 1. The van der Waals surface area contributed by atoms with E-state index in [9.17, 15) is 10.1 Å². The van der Waals surface area contributed by atoms with Crippen LogP contribution in [0.3, 0.4) is 0 Å². The van der Waals surface area contributed by atoms with Gasteiger partial charge in [-0.05, 0) is 11.8 Å². The number of aromatic nitrogens is 3. The fourth-order valence-corrected chi connectivity index (χ4v) is 10.2. The maximum Gasteiger partial charge on any atom is -0.0445 e. The molecule has 284 valence electrons. The molecule has 0 bridgehead atoms. The standard InChI is InChI=1S/C32H42N4O2S2Se.C8H18.C2H6/c1-18(2)11-10-12-19(3)13-14-35-22-16-24(39-29(22)30-23(35)17-25(40-30)31(4,5)6)20-15-21(36(37)38)26(32(7,8)9)28-27(20)33-41-34-28;1-4-6-7-8(3)5-2;1-2/h15-19H,10-14H2,1-9H3;8H,4-7H2,1-3H3;1-2H3. The minimum absolute atomic E-state index is 0.0811. The van der Waals surface area contributed by atoms with E-state index in [1.807, 2.05) is 46.0 Å². The molecule has 0 saturated heterocycles. The Morgan fingerprint density at radius 3 is 1.98 bits per heavy atom. The van der Waals surface area contributed by atoms with Crippen molar-refractivity contribution >= 4 is 74.8 Å². The number of unbranched alkanes of at least 4 members (excludes halogenated alkanes) is 1. The first-order valence-corrected chi connectivity index (χ1v) is 22.6. The van der Waals surface area contributed by atoms with Gasteiger partial charge in [0.15, 0.2) is 0 Å². The minimum atomic E-state index is -0.403. The fraction of sp³-hybridized carbons (Fsp3) is 0.667. The Hall–Kier alpha value is -2.06. The summed E-state index contributed by atoms with van der Waals surface area (Å²) in [7, 11) is 0. The van der Waals surface area contributed by atoms with Crippen LogP contribution in [0.4, 0.5) is 5.69 Å². The second kappa shape index (κ2) is 18.8. The van der Waals surface area contributed by atoms with E-state index >= 15 is 0 Å². The number of rotatable bonds is 13. The number of hydrogen-bond acceptors (Lipinski definition) is 6. The molecule has 0 N–H and O–H groups in total. The molecular weight excluding hydrogens is 736 g/mol. The number of nitro groups is 1. The van der Waals surface area contributed by atoms with Gasteiger partial charge in [0.2, 0.25) is 0 Å². The molecule has 4 heterocycles. The van der Waals surface area contributed by atoms with E-state index in [-0.39, 0.29) is 31.0 Å². The summed E-state index contributed by atoms with van der Waals surface area (Å²) < 4.78 is 14.6. The van der Waals surface area contributed by atoms with Gasteiger partial charge in [0, 0.05) is 0 Å². The Morgan fingerprint density at radius 1 is 0.804 bits per heavy atom. The van der Waals surface area contributed by atoms with Crippen molar-refractivity contribution in [3.8, 4) is 10.4 Å². The Labute approximate surface area is 323 Å². The molecule has 2 atom stereocenters. The summed E-state index contributed by atoms with van der Waals surface area (Å²) in [5.74, 6) is 2.38. The predicted molar refractivity (Wildman–Crippen MR) is 228 cm³/mol. The molecule has 0 aliphatic rings.